The van der Waals surface area contributed by atoms with Gasteiger partial charge in [0.15, 0.2) is 0 Å². The molecule has 0 radical (unpaired) electrons. The highest BCUT2D eigenvalue weighted by atomic mass is 16.4. The number of fused-ring (bicyclic) bond motifs is 1. The van der Waals surface area contributed by atoms with Crippen LogP contribution in [0.4, 0.5) is 0 Å². The molecule has 5 nitrogen and oxygen atoms in total. The summed E-state index contributed by atoms with van der Waals surface area (Å²) in [6.45, 7) is 1.88. The third-order valence-electron chi connectivity index (χ3n) is 3.31. The van der Waals surface area contributed by atoms with E-state index in [0.29, 0.717) is 12.8 Å². The first-order chi connectivity index (χ1) is 6.99. The molecule has 0 aliphatic carbocycles. The zero-order chi connectivity index (χ0) is 11.2. The van der Waals surface area contributed by atoms with Gasteiger partial charge in [0.1, 0.15) is 5.70 Å². The molecular formula is C10H13NO4. The molecule has 2 rings (SSSR count). The highest BCUT2D eigenvalue weighted by Gasteiger charge is 2.54. The molecular weight excluding hydrogens is 198 g/mol. The van der Waals surface area contributed by atoms with Gasteiger partial charge in [0.25, 0.3) is 0 Å². The second kappa shape index (κ2) is 3.06. The van der Waals surface area contributed by atoms with Gasteiger partial charge in [-0.25, -0.2) is 4.79 Å². The van der Waals surface area contributed by atoms with Crippen molar-refractivity contribution in [2.45, 2.75) is 25.8 Å². The van der Waals surface area contributed by atoms with Crippen LogP contribution in [0.25, 0.3) is 0 Å². The largest absolute Gasteiger partial charge is 0.477 e. The van der Waals surface area contributed by atoms with Gasteiger partial charge in [0.2, 0.25) is 5.91 Å². The molecule has 2 aliphatic rings. The third kappa shape index (κ3) is 1.26. The van der Waals surface area contributed by atoms with Crippen molar-refractivity contribution in [3.05, 3.63) is 11.8 Å². The number of nitrogens with zero attached hydrogens (tertiary/aromatic N) is 1. The summed E-state index contributed by atoms with van der Waals surface area (Å²) >= 11 is 0. The van der Waals surface area contributed by atoms with Crippen molar-refractivity contribution >= 4 is 11.9 Å². The number of hydrogen-bond acceptors (Lipinski definition) is 3. The molecule has 2 atom stereocenters. The molecule has 0 aromatic carbocycles. The zero-order valence-electron chi connectivity index (χ0n) is 8.43. The number of aliphatic hydroxyl groups is 1. The van der Waals surface area contributed by atoms with E-state index in [0.717, 1.165) is 0 Å². The number of hydrogen-bond donors (Lipinski definition) is 2. The number of rotatable bonds is 3. The van der Waals surface area contributed by atoms with Crippen molar-refractivity contribution in [3.63, 3.8) is 0 Å². The fourth-order valence-corrected chi connectivity index (χ4v) is 2.37. The average Bonchev–Trinajstić information content (AvgIpc) is 2.35. The van der Waals surface area contributed by atoms with Crippen LogP contribution in [0, 0.1) is 5.41 Å². The minimum atomic E-state index is -1.07. The van der Waals surface area contributed by atoms with Gasteiger partial charge in [-0.2, -0.15) is 0 Å². The highest BCUT2D eigenvalue weighted by molar-refractivity contribution is 5.97. The Balaban J connectivity index is 2.31. The molecule has 1 saturated heterocycles. The maximum absolute atomic E-state index is 11.3. The fraction of sp³-hybridized carbons (Fsp3) is 0.600. The monoisotopic (exact) mass is 211 g/mol. The molecule has 2 heterocycles. The maximum atomic E-state index is 11.3. The van der Waals surface area contributed by atoms with Crippen LogP contribution >= 0.6 is 0 Å². The lowest BCUT2D eigenvalue weighted by molar-refractivity contribution is -0.150. The molecule has 2 aliphatic heterocycles. The average molecular weight is 211 g/mol. The van der Waals surface area contributed by atoms with E-state index in [-0.39, 0.29) is 24.3 Å². The number of carbonyl (C=O) groups excluding carboxylic acids is 1. The molecule has 0 aromatic rings. The normalized spacial score (nSPS) is 33.5. The van der Waals surface area contributed by atoms with E-state index in [4.69, 9.17) is 10.2 Å². The van der Waals surface area contributed by atoms with Gasteiger partial charge in [0.05, 0.1) is 6.04 Å². The number of carboxylic acid groups (broad SMARTS) is 1. The Morgan fingerprint density at radius 3 is 2.80 bits per heavy atom. The second-order valence-corrected chi connectivity index (χ2v) is 4.30. The van der Waals surface area contributed by atoms with Gasteiger partial charge < -0.3 is 15.1 Å². The second-order valence-electron chi connectivity index (χ2n) is 4.30. The van der Waals surface area contributed by atoms with Crippen LogP contribution in [0.5, 0.6) is 0 Å². The van der Waals surface area contributed by atoms with Gasteiger partial charge in [-0.15, -0.1) is 0 Å². The lowest BCUT2D eigenvalue weighted by Gasteiger charge is -2.43. The summed E-state index contributed by atoms with van der Waals surface area (Å²) in [6, 6.07) is -0.0803. The van der Waals surface area contributed by atoms with E-state index in [9.17, 15) is 9.59 Å². The summed E-state index contributed by atoms with van der Waals surface area (Å²) in [5, 5.41) is 17.9. The van der Waals surface area contributed by atoms with E-state index in [2.05, 4.69) is 0 Å². The molecule has 0 unspecified atom stereocenters. The van der Waals surface area contributed by atoms with Crippen LogP contribution in [0.15, 0.2) is 11.8 Å². The Labute approximate surface area is 87.0 Å². The van der Waals surface area contributed by atoms with E-state index < -0.39 is 11.4 Å². The minimum absolute atomic E-state index is 0.00156. The predicted molar refractivity (Wildman–Crippen MR) is 50.8 cm³/mol. The Hall–Kier alpha value is -1.36. The molecule has 1 amide bonds. The Kier molecular flexibility index (Phi) is 2.08. The van der Waals surface area contributed by atoms with Crippen molar-refractivity contribution in [1.29, 1.82) is 0 Å². The SMILES string of the molecule is C[C@@]1(CCO)C=C(C(=O)O)N2C(=O)C[C@H]21. The summed E-state index contributed by atoms with van der Waals surface area (Å²) in [6.07, 6.45) is 2.46. The predicted octanol–water partition coefficient (Wildman–Crippen LogP) is -0.0419. The van der Waals surface area contributed by atoms with Crippen molar-refractivity contribution in [1.82, 2.24) is 4.90 Å². The zero-order valence-corrected chi connectivity index (χ0v) is 8.43. The molecule has 0 aromatic heterocycles. The molecule has 5 heteroatoms. The molecule has 1 fully saturated rings. The standard InChI is InChI=1S/C10H13NO4/c1-10(2-3-12)5-6(9(14)15)11-7(10)4-8(11)13/h5,7,12H,2-4H2,1H3,(H,14,15)/t7-,10+/m0/s1. The van der Waals surface area contributed by atoms with Crippen LogP contribution in [-0.4, -0.2) is 39.6 Å². The van der Waals surface area contributed by atoms with E-state index >= 15 is 0 Å². The quantitative estimate of drug-likeness (QED) is 0.642. The van der Waals surface area contributed by atoms with Gasteiger partial charge in [-0.3, -0.25) is 4.79 Å². The first-order valence-electron chi connectivity index (χ1n) is 4.88. The fourth-order valence-electron chi connectivity index (χ4n) is 2.37. The number of amides is 1. The molecule has 15 heavy (non-hydrogen) atoms. The number of carboxylic acids is 1. The van der Waals surface area contributed by atoms with Gasteiger partial charge >= 0.3 is 5.97 Å². The van der Waals surface area contributed by atoms with Gasteiger partial charge in [-0.1, -0.05) is 6.92 Å². The summed E-state index contributed by atoms with van der Waals surface area (Å²) < 4.78 is 0. The van der Waals surface area contributed by atoms with Crippen LogP contribution in [0.2, 0.25) is 0 Å². The maximum Gasteiger partial charge on any atom is 0.352 e. The van der Waals surface area contributed by atoms with Crippen molar-refractivity contribution in [2.24, 2.45) is 5.41 Å². The topological polar surface area (TPSA) is 77.8 Å². The smallest absolute Gasteiger partial charge is 0.352 e. The summed E-state index contributed by atoms with van der Waals surface area (Å²) in [5.74, 6) is -1.22. The molecule has 0 saturated carbocycles. The number of aliphatic carboxylic acids is 1. The summed E-state index contributed by atoms with van der Waals surface area (Å²) in [5.41, 5.74) is -0.330. The molecule has 82 valence electrons. The minimum Gasteiger partial charge on any atom is -0.477 e. The van der Waals surface area contributed by atoms with Gasteiger partial charge in [0, 0.05) is 18.4 Å². The van der Waals surface area contributed by atoms with Crippen LogP contribution < -0.4 is 0 Å². The van der Waals surface area contributed by atoms with Crippen molar-refractivity contribution in [3.8, 4) is 0 Å². The first kappa shape index (κ1) is 10.2. The molecule has 2 N–H and O–H groups in total. The highest BCUT2D eigenvalue weighted by Crippen LogP contribution is 2.47. The van der Waals surface area contributed by atoms with Crippen LogP contribution in [0.3, 0.4) is 0 Å². The first-order valence-corrected chi connectivity index (χ1v) is 4.88. The Morgan fingerprint density at radius 2 is 2.40 bits per heavy atom. The Morgan fingerprint density at radius 1 is 1.73 bits per heavy atom. The van der Waals surface area contributed by atoms with Gasteiger partial charge in [-0.05, 0) is 12.5 Å². The van der Waals surface area contributed by atoms with Crippen molar-refractivity contribution in [2.75, 3.05) is 6.61 Å². The number of carbonyl (C=O) groups is 2. The lowest BCUT2D eigenvalue weighted by Crippen LogP contribution is -2.55. The third-order valence-corrected chi connectivity index (χ3v) is 3.31. The molecule has 0 spiro atoms. The Bertz CT molecular complexity index is 362. The number of aliphatic hydroxyl groups excluding tert-OH is 1. The van der Waals surface area contributed by atoms with Crippen LogP contribution in [-0.2, 0) is 9.59 Å². The summed E-state index contributed by atoms with van der Waals surface area (Å²) in [4.78, 5) is 23.5. The van der Waals surface area contributed by atoms with E-state index in [1.54, 1.807) is 6.08 Å². The summed E-state index contributed by atoms with van der Waals surface area (Å²) in [7, 11) is 0. The van der Waals surface area contributed by atoms with Crippen LogP contribution in [0.1, 0.15) is 19.8 Å². The van der Waals surface area contributed by atoms with E-state index in [1.807, 2.05) is 6.92 Å². The molecule has 0 bridgehead atoms. The van der Waals surface area contributed by atoms with Crippen molar-refractivity contribution < 1.29 is 19.8 Å². The van der Waals surface area contributed by atoms with E-state index in [1.165, 1.54) is 4.90 Å². The lowest BCUT2D eigenvalue weighted by atomic mass is 9.76. The number of β-lactam (4-membered cyclic amide) rings is 1.